The SMILES string of the molecule is COc1ccc(Br)c(C(=O)NCCNc2ccc(Nc3ccc(C)cn3)nn2)c1. The minimum Gasteiger partial charge on any atom is -0.497 e. The molecule has 0 aliphatic rings. The lowest BCUT2D eigenvalue weighted by atomic mass is 10.2. The molecule has 2 heterocycles. The van der Waals surface area contributed by atoms with Crippen LogP contribution in [-0.2, 0) is 0 Å². The van der Waals surface area contributed by atoms with Crippen LogP contribution < -0.4 is 20.7 Å². The molecule has 0 bridgehead atoms. The third kappa shape index (κ3) is 5.89. The van der Waals surface area contributed by atoms with Crippen molar-refractivity contribution < 1.29 is 9.53 Å². The number of aryl methyl sites for hydroxylation is 1. The van der Waals surface area contributed by atoms with Gasteiger partial charge in [-0.3, -0.25) is 4.79 Å². The van der Waals surface area contributed by atoms with E-state index in [4.69, 9.17) is 4.74 Å². The van der Waals surface area contributed by atoms with Crippen LogP contribution in [0.25, 0.3) is 0 Å². The molecule has 29 heavy (non-hydrogen) atoms. The predicted octanol–water partition coefficient (Wildman–Crippen LogP) is 3.54. The lowest BCUT2D eigenvalue weighted by Gasteiger charge is -2.10. The molecule has 1 aromatic carbocycles. The maximum atomic E-state index is 12.3. The zero-order valence-corrected chi connectivity index (χ0v) is 17.7. The number of amides is 1. The monoisotopic (exact) mass is 456 g/mol. The Kier molecular flexibility index (Phi) is 6.96. The van der Waals surface area contributed by atoms with Gasteiger partial charge in [-0.05, 0) is 64.8 Å². The quantitative estimate of drug-likeness (QED) is 0.445. The van der Waals surface area contributed by atoms with Gasteiger partial charge < -0.3 is 20.7 Å². The normalized spacial score (nSPS) is 10.3. The van der Waals surface area contributed by atoms with Gasteiger partial charge in [-0.2, -0.15) is 0 Å². The molecule has 0 aliphatic carbocycles. The Morgan fingerprint density at radius 1 is 1.03 bits per heavy atom. The highest BCUT2D eigenvalue weighted by Crippen LogP contribution is 2.22. The molecule has 3 rings (SSSR count). The van der Waals surface area contributed by atoms with Crippen LogP contribution in [-0.4, -0.2) is 41.3 Å². The van der Waals surface area contributed by atoms with Crippen molar-refractivity contribution in [3.8, 4) is 5.75 Å². The molecule has 0 saturated heterocycles. The Labute approximate surface area is 177 Å². The molecule has 9 heteroatoms. The second kappa shape index (κ2) is 9.83. The van der Waals surface area contributed by atoms with Crippen molar-refractivity contribution in [1.29, 1.82) is 0 Å². The molecule has 1 amide bonds. The summed E-state index contributed by atoms with van der Waals surface area (Å²) in [4.78, 5) is 16.6. The Balaban J connectivity index is 1.46. The van der Waals surface area contributed by atoms with Gasteiger partial charge in [0.05, 0.1) is 12.7 Å². The zero-order valence-electron chi connectivity index (χ0n) is 16.1. The van der Waals surface area contributed by atoms with E-state index < -0.39 is 0 Å². The molecule has 3 N–H and O–H groups in total. The summed E-state index contributed by atoms with van der Waals surface area (Å²) in [6.45, 7) is 2.92. The number of ether oxygens (including phenoxy) is 1. The van der Waals surface area contributed by atoms with Gasteiger partial charge in [-0.15, -0.1) is 10.2 Å². The maximum absolute atomic E-state index is 12.3. The number of carbonyl (C=O) groups is 1. The van der Waals surface area contributed by atoms with Crippen LogP contribution in [0.3, 0.4) is 0 Å². The first-order chi connectivity index (χ1) is 14.0. The fourth-order valence-electron chi connectivity index (χ4n) is 2.43. The highest BCUT2D eigenvalue weighted by Gasteiger charge is 2.10. The van der Waals surface area contributed by atoms with E-state index in [0.717, 1.165) is 5.56 Å². The number of nitrogens with one attached hydrogen (secondary N) is 3. The summed E-state index contributed by atoms with van der Waals surface area (Å²) in [5.74, 6) is 2.36. The molecular weight excluding hydrogens is 436 g/mol. The Morgan fingerprint density at radius 3 is 2.48 bits per heavy atom. The van der Waals surface area contributed by atoms with Gasteiger partial charge in [0.15, 0.2) is 5.82 Å². The summed E-state index contributed by atoms with van der Waals surface area (Å²) in [6.07, 6.45) is 1.78. The molecule has 150 valence electrons. The fourth-order valence-corrected chi connectivity index (χ4v) is 2.86. The minimum absolute atomic E-state index is 0.186. The minimum atomic E-state index is -0.186. The van der Waals surface area contributed by atoms with Crippen molar-refractivity contribution in [3.05, 3.63) is 64.3 Å². The number of nitrogens with zero attached hydrogens (tertiary/aromatic N) is 3. The molecule has 8 nitrogen and oxygen atoms in total. The largest absolute Gasteiger partial charge is 0.497 e. The van der Waals surface area contributed by atoms with Crippen LogP contribution in [0.2, 0.25) is 0 Å². The van der Waals surface area contributed by atoms with E-state index in [-0.39, 0.29) is 5.91 Å². The summed E-state index contributed by atoms with van der Waals surface area (Å²) >= 11 is 3.38. The number of methoxy groups -OCH3 is 1. The van der Waals surface area contributed by atoms with E-state index in [1.54, 1.807) is 31.5 Å². The smallest absolute Gasteiger partial charge is 0.252 e. The fraction of sp³-hybridized carbons (Fsp3) is 0.200. The van der Waals surface area contributed by atoms with E-state index >= 15 is 0 Å². The first-order valence-corrected chi connectivity index (χ1v) is 9.73. The number of hydrogen-bond acceptors (Lipinski definition) is 7. The zero-order chi connectivity index (χ0) is 20.6. The van der Waals surface area contributed by atoms with Crippen LogP contribution in [0.5, 0.6) is 5.75 Å². The molecule has 0 atom stereocenters. The number of pyridine rings is 1. The Hall–Kier alpha value is -3.20. The summed E-state index contributed by atoms with van der Waals surface area (Å²) in [7, 11) is 1.56. The van der Waals surface area contributed by atoms with Crippen LogP contribution in [0, 0.1) is 6.92 Å². The average molecular weight is 457 g/mol. The van der Waals surface area contributed by atoms with Crippen LogP contribution in [0.15, 0.2) is 53.1 Å². The van der Waals surface area contributed by atoms with Crippen LogP contribution in [0.1, 0.15) is 15.9 Å². The second-order valence-corrected chi connectivity index (χ2v) is 7.03. The summed E-state index contributed by atoms with van der Waals surface area (Å²) in [5, 5.41) is 17.3. The van der Waals surface area contributed by atoms with Gasteiger partial charge in [-0.25, -0.2) is 4.98 Å². The highest BCUT2D eigenvalue weighted by molar-refractivity contribution is 9.10. The van der Waals surface area contributed by atoms with Gasteiger partial charge >= 0.3 is 0 Å². The van der Waals surface area contributed by atoms with Crippen LogP contribution >= 0.6 is 15.9 Å². The van der Waals surface area contributed by atoms with Gasteiger partial charge in [0.25, 0.3) is 5.91 Å². The van der Waals surface area contributed by atoms with Crippen molar-refractivity contribution in [2.45, 2.75) is 6.92 Å². The molecular formula is C20H21BrN6O2. The molecule has 0 saturated carbocycles. The summed E-state index contributed by atoms with van der Waals surface area (Å²) in [5.41, 5.74) is 1.61. The number of hydrogen-bond donors (Lipinski definition) is 3. The first-order valence-electron chi connectivity index (χ1n) is 8.94. The van der Waals surface area contributed by atoms with Crippen molar-refractivity contribution in [2.75, 3.05) is 30.8 Å². The average Bonchev–Trinajstić information content (AvgIpc) is 2.74. The van der Waals surface area contributed by atoms with E-state index in [2.05, 4.69) is 47.1 Å². The van der Waals surface area contributed by atoms with E-state index in [1.165, 1.54) is 0 Å². The molecule has 0 unspecified atom stereocenters. The topological polar surface area (TPSA) is 101 Å². The van der Waals surface area contributed by atoms with E-state index in [1.807, 2.05) is 31.2 Å². The number of rotatable bonds is 8. The maximum Gasteiger partial charge on any atom is 0.252 e. The Bertz CT molecular complexity index is 964. The molecule has 0 fully saturated rings. The van der Waals surface area contributed by atoms with Crippen molar-refractivity contribution >= 4 is 39.3 Å². The summed E-state index contributed by atoms with van der Waals surface area (Å²) in [6, 6.07) is 12.7. The molecule has 0 aliphatic heterocycles. The first kappa shape index (κ1) is 20.5. The third-order valence-corrected chi connectivity index (χ3v) is 4.66. The number of halogens is 1. The predicted molar refractivity (Wildman–Crippen MR) is 116 cm³/mol. The van der Waals surface area contributed by atoms with Crippen molar-refractivity contribution in [2.24, 2.45) is 0 Å². The van der Waals surface area contributed by atoms with E-state index in [9.17, 15) is 4.79 Å². The van der Waals surface area contributed by atoms with Crippen molar-refractivity contribution in [3.63, 3.8) is 0 Å². The number of anilines is 3. The lowest BCUT2D eigenvalue weighted by molar-refractivity contribution is 0.0954. The highest BCUT2D eigenvalue weighted by atomic mass is 79.9. The van der Waals surface area contributed by atoms with Gasteiger partial charge in [0.2, 0.25) is 0 Å². The van der Waals surface area contributed by atoms with Crippen LogP contribution in [0.4, 0.5) is 17.5 Å². The van der Waals surface area contributed by atoms with Crippen molar-refractivity contribution in [1.82, 2.24) is 20.5 Å². The molecule has 0 spiro atoms. The Morgan fingerprint density at radius 2 is 1.79 bits per heavy atom. The lowest BCUT2D eigenvalue weighted by Crippen LogP contribution is -2.29. The van der Waals surface area contributed by atoms with Gasteiger partial charge in [-0.1, -0.05) is 6.07 Å². The second-order valence-electron chi connectivity index (χ2n) is 6.18. The standard InChI is InChI=1S/C20H21BrN6O2/c1-13-3-6-17(24-12-13)25-19-8-7-18(26-27-19)22-9-10-23-20(28)15-11-14(29-2)4-5-16(15)21/h3-8,11-12H,9-10H2,1-2H3,(H,22,26)(H,23,28)(H,24,25,27). The van der Waals surface area contributed by atoms with E-state index in [0.29, 0.717) is 46.3 Å². The third-order valence-electron chi connectivity index (χ3n) is 3.97. The van der Waals surface area contributed by atoms with Gasteiger partial charge in [0.1, 0.15) is 17.4 Å². The number of benzene rings is 1. The molecule has 0 radical (unpaired) electrons. The number of carbonyl (C=O) groups excluding carboxylic acids is 1. The molecule has 3 aromatic rings. The molecule has 2 aromatic heterocycles. The summed E-state index contributed by atoms with van der Waals surface area (Å²) < 4.78 is 5.87. The number of aromatic nitrogens is 3. The van der Waals surface area contributed by atoms with Gasteiger partial charge in [0, 0.05) is 23.8 Å².